The first kappa shape index (κ1) is 32.7. The average molecular weight is 647 g/mol. The van der Waals surface area contributed by atoms with Crippen LogP contribution in [0.3, 0.4) is 0 Å². The molecular weight excluding hydrogens is 620 g/mol. The minimum Gasteiger partial charge on any atom is -0.489 e. The molecule has 1 atom stereocenters. The largest absolute Gasteiger partial charge is 0.489 e. The molecule has 10 nitrogen and oxygen atoms in total. The maximum atomic E-state index is 15.9. The number of aliphatic carboxylic acids is 1. The van der Waals surface area contributed by atoms with Gasteiger partial charge in [0, 0.05) is 35.5 Å². The Morgan fingerprint density at radius 1 is 0.936 bits per heavy atom. The Morgan fingerprint density at radius 3 is 2.28 bits per heavy atom. The van der Waals surface area contributed by atoms with Gasteiger partial charge in [0.1, 0.15) is 36.0 Å². The van der Waals surface area contributed by atoms with Gasteiger partial charge < -0.3 is 20.3 Å². The average Bonchev–Trinajstić information content (AvgIpc) is 3.56. The first-order valence-electron chi connectivity index (χ1n) is 14.0. The Bertz CT molecular complexity index is 1880. The summed E-state index contributed by atoms with van der Waals surface area (Å²) < 4.78 is 66.7. The molecule has 3 N–H and O–H groups in total. The second-order valence-corrected chi connectivity index (χ2v) is 10.4. The third-order valence-electron chi connectivity index (χ3n) is 7.00. The number of nitrogens with zero attached hydrogens (tertiary/aromatic N) is 5. The van der Waals surface area contributed by atoms with Gasteiger partial charge in [0.05, 0.1) is 13.1 Å². The quantitative estimate of drug-likeness (QED) is 0.135. The highest BCUT2D eigenvalue weighted by molar-refractivity contribution is 5.69. The Morgan fingerprint density at radius 2 is 1.64 bits per heavy atom. The topological polar surface area (TPSA) is 135 Å². The number of hydrogen-bond acceptors (Lipinski definition) is 8. The van der Waals surface area contributed by atoms with Gasteiger partial charge in [-0.05, 0) is 70.1 Å². The Kier molecular flexibility index (Phi) is 9.88. The van der Waals surface area contributed by atoms with Crippen LogP contribution >= 0.6 is 0 Å². The third-order valence-corrected chi connectivity index (χ3v) is 7.00. The van der Waals surface area contributed by atoms with Gasteiger partial charge in [-0.2, -0.15) is 8.78 Å². The Balaban J connectivity index is 1.24. The molecule has 0 aliphatic rings. The zero-order chi connectivity index (χ0) is 33.4. The van der Waals surface area contributed by atoms with Crippen molar-refractivity contribution >= 4 is 5.97 Å². The van der Waals surface area contributed by atoms with Gasteiger partial charge in [0.25, 0.3) is 0 Å². The van der Waals surface area contributed by atoms with Crippen molar-refractivity contribution < 1.29 is 37.3 Å². The Labute approximate surface area is 265 Å². The van der Waals surface area contributed by atoms with Gasteiger partial charge in [0.15, 0.2) is 5.60 Å². The molecule has 3 aromatic carbocycles. The maximum Gasteiger partial charge on any atom is 0.323 e. The second kappa shape index (κ2) is 14.2. The van der Waals surface area contributed by atoms with Crippen molar-refractivity contribution in [2.45, 2.75) is 31.2 Å². The first-order valence-corrected chi connectivity index (χ1v) is 14.0. The first-order chi connectivity index (χ1) is 22.5. The van der Waals surface area contributed by atoms with Gasteiger partial charge in [-0.15, -0.1) is 5.10 Å². The van der Waals surface area contributed by atoms with E-state index in [1.165, 1.54) is 6.07 Å². The number of carboxylic acid groups (broad SMARTS) is 1. The van der Waals surface area contributed by atoms with Crippen molar-refractivity contribution in [3.05, 3.63) is 137 Å². The molecule has 2 heterocycles. The van der Waals surface area contributed by atoms with Crippen LogP contribution in [0.2, 0.25) is 0 Å². The molecule has 5 rings (SSSR count). The van der Waals surface area contributed by atoms with Crippen molar-refractivity contribution in [2.75, 3.05) is 6.54 Å². The van der Waals surface area contributed by atoms with Crippen molar-refractivity contribution in [1.29, 1.82) is 0 Å². The molecule has 0 saturated heterocycles. The molecule has 0 amide bonds. The van der Waals surface area contributed by atoms with Crippen LogP contribution < -0.4 is 10.1 Å². The van der Waals surface area contributed by atoms with Crippen molar-refractivity contribution in [3.63, 3.8) is 0 Å². The molecule has 0 spiro atoms. The van der Waals surface area contributed by atoms with Crippen molar-refractivity contribution in [3.8, 4) is 17.6 Å². The number of hydrogen-bond donors (Lipinski definition) is 3. The van der Waals surface area contributed by atoms with Crippen LogP contribution in [0.1, 0.15) is 33.5 Å². The van der Waals surface area contributed by atoms with E-state index >= 15 is 8.78 Å². The lowest BCUT2D eigenvalue weighted by Crippen LogP contribution is -2.48. The number of rotatable bonds is 12. The number of halogens is 4. The van der Waals surface area contributed by atoms with Crippen molar-refractivity contribution in [1.82, 2.24) is 30.5 Å². The summed E-state index contributed by atoms with van der Waals surface area (Å²) in [6.07, 6.45) is 2.07. The normalized spacial score (nSPS) is 12.5. The molecule has 0 aliphatic heterocycles. The van der Waals surface area contributed by atoms with E-state index in [1.807, 2.05) is 24.3 Å². The second-order valence-electron chi connectivity index (χ2n) is 10.4. The summed E-state index contributed by atoms with van der Waals surface area (Å²) in [5, 5.41) is 33.0. The number of pyridine rings is 1. The number of tetrazole rings is 1. The third kappa shape index (κ3) is 7.96. The van der Waals surface area contributed by atoms with Gasteiger partial charge in [0.2, 0.25) is 0 Å². The number of ether oxygens (including phenoxy) is 1. The standard InChI is InChI=1S/C33H26F4N6O4/c34-26-10-13-28(29(35)15-26)32(46,20-43-21-40-41-42-43)33(36,37)30-14-9-24(17-39-30)2-1-22-7-11-27(12-8-22)47-19-25-5-3-23(4-6-25)16-38-18-31(44)45/h3-15,17,21,38,46H,16,18-20H2,(H,44,45). The number of benzene rings is 3. The molecule has 14 heteroatoms. The SMILES string of the molecule is O=C(O)CNCc1ccc(COc2ccc(C#Cc3ccc(C(F)(F)C(O)(Cn4cnnn4)c4ccc(F)cc4F)nc3)cc2)cc1. The molecule has 5 aromatic rings. The van der Waals surface area contributed by atoms with Crippen molar-refractivity contribution in [2.24, 2.45) is 0 Å². The molecule has 0 saturated carbocycles. The molecule has 0 fully saturated rings. The summed E-state index contributed by atoms with van der Waals surface area (Å²) in [7, 11) is 0. The predicted molar refractivity (Wildman–Crippen MR) is 159 cm³/mol. The van der Waals surface area contributed by atoms with Crippen LogP contribution in [-0.4, -0.2) is 47.9 Å². The number of carboxylic acids is 1. The fraction of sp³-hybridized carbons (Fsp3) is 0.182. The fourth-order valence-corrected chi connectivity index (χ4v) is 4.54. The van der Waals surface area contributed by atoms with E-state index in [-0.39, 0.29) is 6.54 Å². The van der Waals surface area contributed by atoms with Crippen LogP contribution in [-0.2, 0) is 36.0 Å². The number of aliphatic hydroxyl groups is 1. The highest BCUT2D eigenvalue weighted by atomic mass is 19.3. The summed E-state index contributed by atoms with van der Waals surface area (Å²) in [6, 6.07) is 18.6. The molecule has 0 bridgehead atoms. The summed E-state index contributed by atoms with van der Waals surface area (Å²) in [6.45, 7) is -0.325. The van der Waals surface area contributed by atoms with Crippen LogP contribution in [0.15, 0.2) is 91.4 Å². The van der Waals surface area contributed by atoms with Crippen LogP contribution in [0.4, 0.5) is 17.6 Å². The number of carbonyl (C=O) groups is 1. The van der Waals surface area contributed by atoms with E-state index in [4.69, 9.17) is 9.84 Å². The zero-order valence-corrected chi connectivity index (χ0v) is 24.4. The maximum absolute atomic E-state index is 15.9. The van der Waals surface area contributed by atoms with Gasteiger partial charge in [-0.1, -0.05) is 36.1 Å². The minimum atomic E-state index is -4.18. The summed E-state index contributed by atoms with van der Waals surface area (Å²) >= 11 is 0. The summed E-state index contributed by atoms with van der Waals surface area (Å²) in [5.74, 6) is -1.14. The molecule has 0 aliphatic carbocycles. The van der Waals surface area contributed by atoms with Gasteiger partial charge >= 0.3 is 11.9 Å². The monoisotopic (exact) mass is 646 g/mol. The van der Waals surface area contributed by atoms with Crippen LogP contribution in [0.25, 0.3) is 0 Å². The zero-order valence-electron chi connectivity index (χ0n) is 24.4. The molecule has 0 radical (unpaired) electrons. The Hall–Kier alpha value is -5.65. The molecule has 47 heavy (non-hydrogen) atoms. The van der Waals surface area contributed by atoms with E-state index in [0.29, 0.717) is 36.1 Å². The minimum absolute atomic E-state index is 0.119. The lowest BCUT2D eigenvalue weighted by atomic mass is 9.84. The van der Waals surface area contributed by atoms with Crippen LogP contribution in [0.5, 0.6) is 5.75 Å². The number of alkyl halides is 2. The molecule has 1 unspecified atom stereocenters. The van der Waals surface area contributed by atoms with E-state index in [1.54, 1.807) is 24.3 Å². The molecular formula is C33H26F4N6O4. The molecule has 2 aromatic heterocycles. The fourth-order valence-electron chi connectivity index (χ4n) is 4.54. The van der Waals surface area contributed by atoms with E-state index in [9.17, 15) is 18.7 Å². The summed E-state index contributed by atoms with van der Waals surface area (Å²) in [4.78, 5) is 14.4. The summed E-state index contributed by atoms with van der Waals surface area (Å²) in [5.41, 5.74) is -2.20. The highest BCUT2D eigenvalue weighted by Gasteiger charge is 2.58. The van der Waals surface area contributed by atoms with E-state index < -0.39 is 46.9 Å². The van der Waals surface area contributed by atoms with Crippen LogP contribution in [0, 0.1) is 23.5 Å². The lowest BCUT2D eigenvalue weighted by molar-refractivity contribution is -0.207. The number of aromatic nitrogens is 5. The van der Waals surface area contributed by atoms with Gasteiger partial charge in [-0.25, -0.2) is 13.5 Å². The highest BCUT2D eigenvalue weighted by Crippen LogP contribution is 2.46. The smallest absolute Gasteiger partial charge is 0.323 e. The van der Waals surface area contributed by atoms with Gasteiger partial charge in [-0.3, -0.25) is 9.78 Å². The number of nitrogens with one attached hydrogen (secondary N) is 1. The van der Waals surface area contributed by atoms with E-state index in [2.05, 4.69) is 37.7 Å². The van der Waals surface area contributed by atoms with E-state index in [0.717, 1.165) is 46.5 Å². The molecule has 240 valence electrons. The lowest BCUT2D eigenvalue weighted by Gasteiger charge is -2.35. The predicted octanol–water partition coefficient (Wildman–Crippen LogP) is 4.18.